The highest BCUT2D eigenvalue weighted by Gasteiger charge is 2.05. The normalized spacial score (nSPS) is 10.6. The maximum absolute atomic E-state index is 9.32. The highest BCUT2D eigenvalue weighted by molar-refractivity contribution is 7.98. The average molecular weight is 236 g/mol. The van der Waals surface area contributed by atoms with Crippen LogP contribution >= 0.6 is 11.8 Å². The number of aryl methyl sites for hydroxylation is 2. The standard InChI is InChI=1S/C10H12N4OS/c1-6-4-11-14-8(6)5-16-10-12-7(2)3-9(15)13-10/h3-4H,5H2,1-2H3,(H,11,14)(H,12,13,15). The van der Waals surface area contributed by atoms with Crippen LogP contribution < -0.4 is 0 Å². The molecule has 0 saturated heterocycles. The van der Waals surface area contributed by atoms with Gasteiger partial charge in [0.25, 0.3) is 0 Å². The van der Waals surface area contributed by atoms with Crippen LogP contribution in [0.4, 0.5) is 0 Å². The van der Waals surface area contributed by atoms with Crippen molar-refractivity contribution in [1.82, 2.24) is 20.2 Å². The number of nitrogens with one attached hydrogen (secondary N) is 1. The number of thioether (sulfide) groups is 1. The summed E-state index contributed by atoms with van der Waals surface area (Å²) in [5.74, 6) is 0.701. The van der Waals surface area contributed by atoms with Gasteiger partial charge >= 0.3 is 0 Å². The highest BCUT2D eigenvalue weighted by Crippen LogP contribution is 2.21. The second-order valence-corrected chi connectivity index (χ2v) is 4.40. The summed E-state index contributed by atoms with van der Waals surface area (Å²) in [6.45, 7) is 3.82. The Morgan fingerprint density at radius 2 is 2.19 bits per heavy atom. The molecule has 2 heterocycles. The Kier molecular flexibility index (Phi) is 3.09. The summed E-state index contributed by atoms with van der Waals surface area (Å²) >= 11 is 1.46. The second-order valence-electron chi connectivity index (χ2n) is 3.45. The Labute approximate surface area is 97.3 Å². The molecule has 0 aliphatic heterocycles. The number of H-pyrrole nitrogens is 1. The van der Waals surface area contributed by atoms with Gasteiger partial charge in [0.1, 0.15) is 0 Å². The molecule has 2 N–H and O–H groups in total. The van der Waals surface area contributed by atoms with E-state index < -0.39 is 0 Å². The Morgan fingerprint density at radius 3 is 2.81 bits per heavy atom. The van der Waals surface area contributed by atoms with Gasteiger partial charge in [-0.3, -0.25) is 5.10 Å². The summed E-state index contributed by atoms with van der Waals surface area (Å²) in [7, 11) is 0. The fourth-order valence-corrected chi connectivity index (χ4v) is 2.17. The fourth-order valence-electron chi connectivity index (χ4n) is 1.25. The predicted molar refractivity (Wildman–Crippen MR) is 61.3 cm³/mol. The Balaban J connectivity index is 2.07. The first kappa shape index (κ1) is 10.9. The summed E-state index contributed by atoms with van der Waals surface area (Å²) in [5, 5.41) is 16.8. The maximum Gasteiger partial charge on any atom is 0.215 e. The van der Waals surface area contributed by atoms with Crippen LogP contribution in [0.5, 0.6) is 5.88 Å². The van der Waals surface area contributed by atoms with Crippen molar-refractivity contribution in [3.63, 3.8) is 0 Å². The van der Waals surface area contributed by atoms with Crippen LogP contribution in [-0.4, -0.2) is 25.3 Å². The molecular formula is C10H12N4OS. The molecule has 0 spiro atoms. The van der Waals surface area contributed by atoms with E-state index in [0.29, 0.717) is 10.9 Å². The quantitative estimate of drug-likeness (QED) is 0.628. The van der Waals surface area contributed by atoms with E-state index in [1.807, 2.05) is 20.0 Å². The topological polar surface area (TPSA) is 74.7 Å². The van der Waals surface area contributed by atoms with E-state index in [0.717, 1.165) is 17.0 Å². The molecule has 5 nitrogen and oxygen atoms in total. The lowest BCUT2D eigenvalue weighted by Crippen LogP contribution is -1.91. The monoisotopic (exact) mass is 236 g/mol. The fraction of sp³-hybridized carbons (Fsp3) is 0.300. The van der Waals surface area contributed by atoms with E-state index in [2.05, 4.69) is 20.2 Å². The number of rotatable bonds is 3. The first-order chi connectivity index (χ1) is 7.65. The lowest BCUT2D eigenvalue weighted by molar-refractivity contribution is 0.444. The zero-order valence-electron chi connectivity index (χ0n) is 9.06. The van der Waals surface area contributed by atoms with Gasteiger partial charge in [-0.15, -0.1) is 0 Å². The van der Waals surface area contributed by atoms with Crippen LogP contribution in [0.25, 0.3) is 0 Å². The van der Waals surface area contributed by atoms with Crippen LogP contribution in [-0.2, 0) is 5.75 Å². The molecule has 6 heteroatoms. The van der Waals surface area contributed by atoms with E-state index in [-0.39, 0.29) is 5.88 Å². The van der Waals surface area contributed by atoms with Crippen molar-refractivity contribution in [2.75, 3.05) is 0 Å². The summed E-state index contributed by atoms with van der Waals surface area (Å²) in [5.41, 5.74) is 2.85. The van der Waals surface area contributed by atoms with Crippen molar-refractivity contribution >= 4 is 11.8 Å². The van der Waals surface area contributed by atoms with Gasteiger partial charge in [0.2, 0.25) is 5.88 Å². The molecule has 0 amide bonds. The van der Waals surface area contributed by atoms with Crippen molar-refractivity contribution in [1.29, 1.82) is 0 Å². The molecule has 2 aromatic heterocycles. The predicted octanol–water partition coefficient (Wildman–Crippen LogP) is 1.81. The van der Waals surface area contributed by atoms with Gasteiger partial charge in [0, 0.05) is 23.7 Å². The van der Waals surface area contributed by atoms with Crippen LogP contribution in [0, 0.1) is 13.8 Å². The molecule has 2 aromatic rings. The number of hydrogen-bond acceptors (Lipinski definition) is 5. The third kappa shape index (κ3) is 2.52. The molecule has 0 radical (unpaired) electrons. The zero-order chi connectivity index (χ0) is 11.5. The molecule has 0 atom stereocenters. The molecule has 16 heavy (non-hydrogen) atoms. The van der Waals surface area contributed by atoms with Gasteiger partial charge < -0.3 is 5.11 Å². The lowest BCUT2D eigenvalue weighted by atomic mass is 10.3. The number of nitrogens with zero attached hydrogens (tertiary/aromatic N) is 3. The minimum Gasteiger partial charge on any atom is -0.493 e. The Bertz CT molecular complexity index is 477. The minimum absolute atomic E-state index is 0.00810. The summed E-state index contributed by atoms with van der Waals surface area (Å²) in [6.07, 6.45) is 1.85. The summed E-state index contributed by atoms with van der Waals surface area (Å²) in [4.78, 5) is 8.15. The maximum atomic E-state index is 9.32. The molecule has 2 rings (SSSR count). The van der Waals surface area contributed by atoms with Crippen molar-refractivity contribution in [2.45, 2.75) is 24.8 Å². The van der Waals surface area contributed by atoms with Crippen molar-refractivity contribution in [3.8, 4) is 5.88 Å². The van der Waals surface area contributed by atoms with E-state index in [9.17, 15) is 5.11 Å². The number of aromatic nitrogens is 4. The van der Waals surface area contributed by atoms with Crippen molar-refractivity contribution in [2.24, 2.45) is 0 Å². The van der Waals surface area contributed by atoms with Crippen LogP contribution in [0.15, 0.2) is 17.4 Å². The second kappa shape index (κ2) is 4.52. The van der Waals surface area contributed by atoms with Crippen molar-refractivity contribution in [3.05, 3.63) is 29.2 Å². The minimum atomic E-state index is 0.00810. The van der Waals surface area contributed by atoms with E-state index >= 15 is 0 Å². The van der Waals surface area contributed by atoms with Crippen LogP contribution in [0.3, 0.4) is 0 Å². The molecule has 0 bridgehead atoms. The summed E-state index contributed by atoms with van der Waals surface area (Å²) < 4.78 is 0. The van der Waals surface area contributed by atoms with Gasteiger partial charge in [-0.05, 0) is 19.4 Å². The molecule has 0 saturated carbocycles. The number of hydrogen-bond donors (Lipinski definition) is 2. The molecule has 0 aliphatic rings. The van der Waals surface area contributed by atoms with Gasteiger partial charge in [-0.2, -0.15) is 10.1 Å². The molecule has 0 aliphatic carbocycles. The lowest BCUT2D eigenvalue weighted by Gasteiger charge is -2.01. The first-order valence-corrected chi connectivity index (χ1v) is 5.80. The zero-order valence-corrected chi connectivity index (χ0v) is 9.88. The van der Waals surface area contributed by atoms with Gasteiger partial charge in [0.05, 0.1) is 5.69 Å². The molecule has 0 unspecified atom stereocenters. The molecular weight excluding hydrogens is 224 g/mol. The Morgan fingerprint density at radius 1 is 1.38 bits per heavy atom. The third-order valence-corrected chi connectivity index (χ3v) is 2.95. The molecule has 0 fully saturated rings. The highest BCUT2D eigenvalue weighted by atomic mass is 32.2. The molecule has 0 aromatic carbocycles. The van der Waals surface area contributed by atoms with Crippen molar-refractivity contribution < 1.29 is 5.11 Å². The van der Waals surface area contributed by atoms with Crippen LogP contribution in [0.2, 0.25) is 0 Å². The smallest absolute Gasteiger partial charge is 0.215 e. The largest absolute Gasteiger partial charge is 0.493 e. The van der Waals surface area contributed by atoms with E-state index in [1.165, 1.54) is 17.8 Å². The van der Waals surface area contributed by atoms with E-state index in [4.69, 9.17) is 0 Å². The summed E-state index contributed by atoms with van der Waals surface area (Å²) in [6, 6.07) is 1.53. The average Bonchev–Trinajstić information content (AvgIpc) is 2.59. The molecule has 84 valence electrons. The Hall–Kier alpha value is -1.56. The van der Waals surface area contributed by atoms with Gasteiger partial charge in [-0.1, -0.05) is 11.8 Å². The number of aromatic hydroxyl groups is 1. The van der Waals surface area contributed by atoms with E-state index in [1.54, 1.807) is 0 Å². The first-order valence-electron chi connectivity index (χ1n) is 4.82. The van der Waals surface area contributed by atoms with Crippen LogP contribution in [0.1, 0.15) is 17.0 Å². The van der Waals surface area contributed by atoms with Gasteiger partial charge in [-0.25, -0.2) is 4.98 Å². The number of aromatic amines is 1. The SMILES string of the molecule is Cc1cc(O)nc(SCc2n[nH]cc2C)n1. The third-order valence-electron chi connectivity index (χ3n) is 2.09. The van der Waals surface area contributed by atoms with Gasteiger partial charge in [0.15, 0.2) is 5.16 Å².